The van der Waals surface area contributed by atoms with Crippen LogP contribution < -0.4 is 5.32 Å². The van der Waals surface area contributed by atoms with Crippen LogP contribution in [0.15, 0.2) is 45.3 Å². The molecular formula is C14H11Br2ClFN. The molecule has 0 radical (unpaired) electrons. The van der Waals surface area contributed by atoms with Crippen LogP contribution in [0.4, 0.5) is 10.1 Å². The average molecular weight is 408 g/mol. The number of hydrogen-bond acceptors (Lipinski definition) is 1. The Morgan fingerprint density at radius 1 is 1.21 bits per heavy atom. The Hall–Kier alpha value is -0.580. The summed E-state index contributed by atoms with van der Waals surface area (Å²) in [5.41, 5.74) is 1.80. The first-order valence-electron chi connectivity index (χ1n) is 5.64. The number of anilines is 1. The minimum absolute atomic E-state index is 0.0526. The summed E-state index contributed by atoms with van der Waals surface area (Å²) in [5.74, 6) is -0.363. The van der Waals surface area contributed by atoms with E-state index in [0.29, 0.717) is 15.2 Å². The van der Waals surface area contributed by atoms with Gasteiger partial charge in [-0.2, -0.15) is 0 Å². The van der Waals surface area contributed by atoms with Gasteiger partial charge in [-0.1, -0.05) is 39.7 Å². The first-order valence-corrected chi connectivity index (χ1v) is 7.60. The summed E-state index contributed by atoms with van der Waals surface area (Å²) in [7, 11) is 0. The van der Waals surface area contributed by atoms with Gasteiger partial charge in [0.05, 0.1) is 10.7 Å². The van der Waals surface area contributed by atoms with E-state index in [2.05, 4.69) is 37.2 Å². The lowest BCUT2D eigenvalue weighted by Crippen LogP contribution is -2.07. The van der Waals surface area contributed by atoms with Crippen LogP contribution in [0, 0.1) is 5.82 Å². The van der Waals surface area contributed by atoms with E-state index in [4.69, 9.17) is 11.6 Å². The van der Waals surface area contributed by atoms with Crippen molar-refractivity contribution in [2.24, 2.45) is 0 Å². The van der Waals surface area contributed by atoms with E-state index in [1.54, 1.807) is 0 Å². The molecule has 0 spiro atoms. The van der Waals surface area contributed by atoms with Crippen LogP contribution in [0.5, 0.6) is 0 Å². The van der Waals surface area contributed by atoms with Crippen molar-refractivity contribution in [3.8, 4) is 0 Å². The molecule has 1 nitrogen and oxygen atoms in total. The van der Waals surface area contributed by atoms with Crippen molar-refractivity contribution in [2.45, 2.75) is 13.0 Å². The van der Waals surface area contributed by atoms with Crippen molar-refractivity contribution < 1.29 is 4.39 Å². The van der Waals surface area contributed by atoms with Crippen LogP contribution in [0.25, 0.3) is 0 Å². The minimum atomic E-state index is -0.363. The molecule has 1 unspecified atom stereocenters. The van der Waals surface area contributed by atoms with Gasteiger partial charge in [-0.05, 0) is 52.7 Å². The third-order valence-electron chi connectivity index (χ3n) is 2.72. The summed E-state index contributed by atoms with van der Waals surface area (Å²) in [5, 5.41) is 3.64. The number of hydrogen-bond donors (Lipinski definition) is 1. The highest BCUT2D eigenvalue weighted by molar-refractivity contribution is 9.10. The molecule has 2 aromatic carbocycles. The predicted molar refractivity (Wildman–Crippen MR) is 85.3 cm³/mol. The summed E-state index contributed by atoms with van der Waals surface area (Å²) < 4.78 is 14.8. The standard InChI is InChI=1S/C14H11Br2ClFN/c1-8(9-3-2-4-10(15)5-9)19-14-12(16)6-11(18)7-13(14)17/h2-8,19H,1H3. The molecule has 1 atom stereocenters. The van der Waals surface area contributed by atoms with Crippen molar-refractivity contribution in [1.82, 2.24) is 0 Å². The molecule has 0 saturated heterocycles. The summed E-state index contributed by atoms with van der Waals surface area (Å²) in [6.45, 7) is 2.02. The molecule has 0 saturated carbocycles. The van der Waals surface area contributed by atoms with Crippen LogP contribution in [0.2, 0.25) is 5.02 Å². The minimum Gasteiger partial charge on any atom is -0.376 e. The topological polar surface area (TPSA) is 12.0 Å². The summed E-state index contributed by atoms with van der Waals surface area (Å²) >= 11 is 12.8. The van der Waals surface area contributed by atoms with Gasteiger partial charge >= 0.3 is 0 Å². The fourth-order valence-corrected chi connectivity index (χ4v) is 3.09. The zero-order valence-electron chi connectivity index (χ0n) is 10.1. The van der Waals surface area contributed by atoms with E-state index in [1.807, 2.05) is 31.2 Å². The molecule has 2 aromatic rings. The fourth-order valence-electron chi connectivity index (χ4n) is 1.76. The number of rotatable bonds is 3. The normalized spacial score (nSPS) is 12.3. The molecule has 0 fully saturated rings. The van der Waals surface area contributed by atoms with Gasteiger partial charge in [0.2, 0.25) is 0 Å². The van der Waals surface area contributed by atoms with E-state index in [1.165, 1.54) is 12.1 Å². The van der Waals surface area contributed by atoms with E-state index >= 15 is 0 Å². The van der Waals surface area contributed by atoms with Crippen LogP contribution in [0.1, 0.15) is 18.5 Å². The second-order valence-electron chi connectivity index (χ2n) is 4.17. The number of nitrogens with one attached hydrogen (secondary N) is 1. The molecule has 0 amide bonds. The Bertz CT molecular complexity index is 581. The van der Waals surface area contributed by atoms with E-state index in [9.17, 15) is 4.39 Å². The van der Waals surface area contributed by atoms with Gasteiger partial charge in [0.25, 0.3) is 0 Å². The van der Waals surface area contributed by atoms with Gasteiger partial charge in [0.15, 0.2) is 0 Å². The van der Waals surface area contributed by atoms with Crippen molar-refractivity contribution in [3.05, 3.63) is 61.7 Å². The number of benzene rings is 2. The van der Waals surface area contributed by atoms with Gasteiger partial charge < -0.3 is 5.32 Å². The monoisotopic (exact) mass is 405 g/mol. The maximum atomic E-state index is 13.2. The molecular weight excluding hydrogens is 396 g/mol. The highest BCUT2D eigenvalue weighted by Crippen LogP contribution is 2.34. The smallest absolute Gasteiger partial charge is 0.125 e. The highest BCUT2D eigenvalue weighted by atomic mass is 79.9. The maximum absolute atomic E-state index is 13.2. The molecule has 0 heterocycles. The molecule has 100 valence electrons. The van der Waals surface area contributed by atoms with Crippen molar-refractivity contribution in [1.29, 1.82) is 0 Å². The summed E-state index contributed by atoms with van der Waals surface area (Å²) in [6, 6.07) is 10.7. The quantitative estimate of drug-likeness (QED) is 0.641. The Labute approximate surface area is 133 Å². The second-order valence-corrected chi connectivity index (χ2v) is 6.34. The first-order chi connectivity index (χ1) is 8.97. The summed E-state index contributed by atoms with van der Waals surface area (Å²) in [6.07, 6.45) is 0. The predicted octanol–water partition coefficient (Wildman–Crippen LogP) is 6.18. The van der Waals surface area contributed by atoms with Gasteiger partial charge in [0, 0.05) is 15.0 Å². The molecule has 5 heteroatoms. The van der Waals surface area contributed by atoms with Crippen LogP contribution in [-0.4, -0.2) is 0 Å². The van der Waals surface area contributed by atoms with Gasteiger partial charge in [-0.25, -0.2) is 4.39 Å². The SMILES string of the molecule is CC(Nc1c(Cl)cc(F)cc1Br)c1cccc(Br)c1. The summed E-state index contributed by atoms with van der Waals surface area (Å²) in [4.78, 5) is 0. The molecule has 19 heavy (non-hydrogen) atoms. The molecule has 0 aliphatic rings. The highest BCUT2D eigenvalue weighted by Gasteiger charge is 2.12. The lowest BCUT2D eigenvalue weighted by Gasteiger charge is -2.18. The molecule has 2 rings (SSSR count). The Kier molecular flexibility index (Phi) is 4.87. The Morgan fingerprint density at radius 2 is 1.95 bits per heavy atom. The zero-order valence-corrected chi connectivity index (χ0v) is 14.0. The largest absolute Gasteiger partial charge is 0.376 e. The zero-order chi connectivity index (χ0) is 14.0. The molecule has 0 aliphatic heterocycles. The van der Waals surface area contributed by atoms with Gasteiger partial charge in [-0.3, -0.25) is 0 Å². The van der Waals surface area contributed by atoms with Crippen molar-refractivity contribution in [3.63, 3.8) is 0 Å². The van der Waals surface area contributed by atoms with Crippen LogP contribution >= 0.6 is 43.5 Å². The second kappa shape index (κ2) is 6.25. The van der Waals surface area contributed by atoms with E-state index in [-0.39, 0.29) is 11.9 Å². The van der Waals surface area contributed by atoms with Gasteiger partial charge in [0.1, 0.15) is 5.82 Å². The van der Waals surface area contributed by atoms with Crippen molar-refractivity contribution >= 4 is 49.1 Å². The van der Waals surface area contributed by atoms with Crippen LogP contribution in [0.3, 0.4) is 0 Å². The Balaban J connectivity index is 2.26. The molecule has 0 aromatic heterocycles. The lowest BCUT2D eigenvalue weighted by molar-refractivity contribution is 0.627. The number of halogens is 4. The Morgan fingerprint density at radius 3 is 2.58 bits per heavy atom. The van der Waals surface area contributed by atoms with Gasteiger partial charge in [-0.15, -0.1) is 0 Å². The average Bonchev–Trinajstić information content (AvgIpc) is 2.33. The molecule has 0 aliphatic carbocycles. The van der Waals surface area contributed by atoms with Crippen LogP contribution in [-0.2, 0) is 0 Å². The van der Waals surface area contributed by atoms with E-state index in [0.717, 1.165) is 10.0 Å². The maximum Gasteiger partial charge on any atom is 0.125 e. The molecule has 0 bridgehead atoms. The van der Waals surface area contributed by atoms with Crippen molar-refractivity contribution in [2.75, 3.05) is 5.32 Å². The van der Waals surface area contributed by atoms with E-state index < -0.39 is 0 Å². The first kappa shape index (κ1) is 14.8. The lowest BCUT2D eigenvalue weighted by atomic mass is 10.1. The third-order valence-corrected chi connectivity index (χ3v) is 4.13. The molecule has 1 N–H and O–H groups in total. The fraction of sp³-hybridized carbons (Fsp3) is 0.143. The third kappa shape index (κ3) is 3.71.